The standard InChI is InChI=1S/C15H15N5O2/c1-8-12(9(2)20(3)19-8)13(21)14(22)18-15-16-10-6-4-5-7-11(10)17-15/h4-7H,1-3H3,(H2,16,17,18,22). The van der Waals surface area contributed by atoms with Crippen LogP contribution in [0.4, 0.5) is 5.95 Å². The van der Waals surface area contributed by atoms with Crippen molar-refractivity contribution in [1.82, 2.24) is 19.7 Å². The SMILES string of the molecule is Cc1nn(C)c(C)c1C(=O)C(=O)Nc1nc2ccccc2[nH]1. The zero-order chi connectivity index (χ0) is 15.9. The van der Waals surface area contributed by atoms with Gasteiger partial charge in [-0.05, 0) is 26.0 Å². The maximum absolute atomic E-state index is 12.3. The van der Waals surface area contributed by atoms with Crippen molar-refractivity contribution in [2.24, 2.45) is 7.05 Å². The van der Waals surface area contributed by atoms with E-state index in [0.717, 1.165) is 11.0 Å². The fourth-order valence-corrected chi connectivity index (χ4v) is 2.39. The molecule has 1 aromatic carbocycles. The highest BCUT2D eigenvalue weighted by molar-refractivity contribution is 6.46. The normalized spacial score (nSPS) is 10.9. The summed E-state index contributed by atoms with van der Waals surface area (Å²) >= 11 is 0. The highest BCUT2D eigenvalue weighted by Gasteiger charge is 2.24. The number of Topliss-reactive ketones (excluding diaryl/α,β-unsaturated/α-hetero) is 1. The molecule has 7 heteroatoms. The van der Waals surface area contributed by atoms with Crippen LogP contribution in [0.15, 0.2) is 24.3 Å². The molecule has 0 radical (unpaired) electrons. The Bertz CT molecular complexity index is 858. The number of aromatic nitrogens is 4. The van der Waals surface area contributed by atoms with E-state index in [1.165, 1.54) is 0 Å². The van der Waals surface area contributed by atoms with Gasteiger partial charge >= 0.3 is 0 Å². The molecule has 22 heavy (non-hydrogen) atoms. The lowest BCUT2D eigenvalue weighted by atomic mass is 10.1. The van der Waals surface area contributed by atoms with E-state index in [2.05, 4.69) is 20.4 Å². The Morgan fingerprint density at radius 3 is 2.59 bits per heavy atom. The minimum Gasteiger partial charge on any atom is -0.324 e. The Morgan fingerprint density at radius 2 is 1.95 bits per heavy atom. The van der Waals surface area contributed by atoms with Gasteiger partial charge in [-0.15, -0.1) is 0 Å². The second-order valence-corrected chi connectivity index (χ2v) is 5.06. The Balaban J connectivity index is 1.86. The van der Waals surface area contributed by atoms with Crippen LogP contribution in [-0.4, -0.2) is 31.4 Å². The largest absolute Gasteiger partial charge is 0.324 e. The quantitative estimate of drug-likeness (QED) is 0.569. The van der Waals surface area contributed by atoms with Crippen LogP contribution in [-0.2, 0) is 11.8 Å². The maximum atomic E-state index is 12.3. The van der Waals surface area contributed by atoms with Gasteiger partial charge in [0.1, 0.15) is 0 Å². The zero-order valence-corrected chi connectivity index (χ0v) is 12.5. The van der Waals surface area contributed by atoms with Gasteiger partial charge in [0.25, 0.3) is 11.7 Å². The molecule has 0 aliphatic rings. The average molecular weight is 297 g/mol. The number of amides is 1. The predicted molar refractivity (Wildman–Crippen MR) is 81.7 cm³/mol. The minimum atomic E-state index is -0.738. The molecule has 0 saturated carbocycles. The molecule has 7 nitrogen and oxygen atoms in total. The van der Waals surface area contributed by atoms with Crippen LogP contribution in [0.25, 0.3) is 11.0 Å². The van der Waals surface area contributed by atoms with Crippen molar-refractivity contribution >= 4 is 28.7 Å². The summed E-state index contributed by atoms with van der Waals surface area (Å²) in [7, 11) is 1.73. The number of hydrogen-bond acceptors (Lipinski definition) is 4. The average Bonchev–Trinajstić information content (AvgIpc) is 2.99. The molecule has 0 aliphatic heterocycles. The number of H-pyrrole nitrogens is 1. The summed E-state index contributed by atoms with van der Waals surface area (Å²) in [4.78, 5) is 31.6. The van der Waals surface area contributed by atoms with Crippen LogP contribution < -0.4 is 5.32 Å². The molecule has 0 fully saturated rings. The number of ketones is 1. The lowest BCUT2D eigenvalue weighted by Gasteiger charge is -2.01. The smallest absolute Gasteiger partial charge is 0.299 e. The first-order chi connectivity index (χ1) is 10.5. The molecule has 2 aromatic heterocycles. The van der Waals surface area contributed by atoms with E-state index >= 15 is 0 Å². The molecule has 0 aliphatic carbocycles. The first-order valence-electron chi connectivity index (χ1n) is 6.78. The van der Waals surface area contributed by atoms with Crippen LogP contribution >= 0.6 is 0 Å². The number of imidazole rings is 1. The molecule has 0 saturated heterocycles. The number of aryl methyl sites for hydroxylation is 2. The van der Waals surface area contributed by atoms with Crippen molar-refractivity contribution in [3.8, 4) is 0 Å². The monoisotopic (exact) mass is 297 g/mol. The number of nitrogens with one attached hydrogen (secondary N) is 2. The summed E-state index contributed by atoms with van der Waals surface area (Å²) in [5, 5.41) is 6.65. The molecule has 3 rings (SSSR count). The summed E-state index contributed by atoms with van der Waals surface area (Å²) in [5.41, 5.74) is 3.03. The molecule has 3 aromatic rings. The number of para-hydroxylation sites is 2. The van der Waals surface area contributed by atoms with Crippen LogP contribution in [0.3, 0.4) is 0 Å². The Hall–Kier alpha value is -2.96. The van der Waals surface area contributed by atoms with Crippen LogP contribution in [0.1, 0.15) is 21.7 Å². The number of fused-ring (bicyclic) bond motifs is 1. The first-order valence-corrected chi connectivity index (χ1v) is 6.78. The Kier molecular flexibility index (Phi) is 3.25. The summed E-state index contributed by atoms with van der Waals surface area (Å²) in [5.74, 6) is -1.11. The first kappa shape index (κ1) is 14.0. The lowest BCUT2D eigenvalue weighted by molar-refractivity contribution is -0.112. The number of anilines is 1. The van der Waals surface area contributed by atoms with E-state index < -0.39 is 11.7 Å². The molecule has 0 atom stereocenters. The van der Waals surface area contributed by atoms with Gasteiger partial charge in [0.2, 0.25) is 5.95 Å². The summed E-state index contributed by atoms with van der Waals surface area (Å²) in [6.45, 7) is 3.45. The van der Waals surface area contributed by atoms with E-state index in [9.17, 15) is 9.59 Å². The molecule has 2 N–H and O–H groups in total. The summed E-state index contributed by atoms with van der Waals surface area (Å²) < 4.78 is 1.58. The molecule has 1 amide bonds. The highest BCUT2D eigenvalue weighted by Crippen LogP contribution is 2.16. The predicted octanol–water partition coefficient (Wildman–Crippen LogP) is 1.73. The van der Waals surface area contributed by atoms with E-state index in [4.69, 9.17) is 0 Å². The zero-order valence-electron chi connectivity index (χ0n) is 12.5. The van der Waals surface area contributed by atoms with Crippen molar-refractivity contribution in [3.63, 3.8) is 0 Å². The fourth-order valence-electron chi connectivity index (χ4n) is 2.39. The van der Waals surface area contributed by atoms with Gasteiger partial charge in [-0.3, -0.25) is 19.6 Å². The Labute approximate surface area is 126 Å². The molecular weight excluding hydrogens is 282 g/mol. The molecule has 0 unspecified atom stereocenters. The van der Waals surface area contributed by atoms with Crippen LogP contribution in [0, 0.1) is 13.8 Å². The van der Waals surface area contributed by atoms with Crippen LogP contribution in [0.2, 0.25) is 0 Å². The summed E-state index contributed by atoms with van der Waals surface area (Å²) in [6, 6.07) is 7.37. The van der Waals surface area contributed by atoms with Gasteiger partial charge < -0.3 is 4.98 Å². The second-order valence-electron chi connectivity index (χ2n) is 5.06. The fraction of sp³-hybridized carbons (Fsp3) is 0.200. The van der Waals surface area contributed by atoms with Crippen molar-refractivity contribution in [3.05, 3.63) is 41.2 Å². The van der Waals surface area contributed by atoms with E-state index in [0.29, 0.717) is 17.0 Å². The number of benzene rings is 1. The maximum Gasteiger partial charge on any atom is 0.299 e. The molecule has 2 heterocycles. The molecule has 0 spiro atoms. The van der Waals surface area contributed by atoms with Gasteiger partial charge in [-0.2, -0.15) is 5.10 Å². The molecule has 0 bridgehead atoms. The number of hydrogen-bond donors (Lipinski definition) is 2. The van der Waals surface area contributed by atoms with Crippen molar-refractivity contribution in [2.75, 3.05) is 5.32 Å². The molecular formula is C15H15N5O2. The van der Waals surface area contributed by atoms with Crippen molar-refractivity contribution in [1.29, 1.82) is 0 Å². The number of rotatable bonds is 3. The van der Waals surface area contributed by atoms with E-state index in [1.807, 2.05) is 24.3 Å². The summed E-state index contributed by atoms with van der Waals surface area (Å²) in [6.07, 6.45) is 0. The van der Waals surface area contributed by atoms with E-state index in [1.54, 1.807) is 25.6 Å². The minimum absolute atomic E-state index is 0.249. The topological polar surface area (TPSA) is 92.7 Å². The van der Waals surface area contributed by atoms with E-state index in [-0.39, 0.29) is 5.95 Å². The number of aromatic amines is 1. The third-order valence-electron chi connectivity index (χ3n) is 3.56. The number of carbonyl (C=O) groups excluding carboxylic acids is 2. The number of carbonyl (C=O) groups is 2. The number of nitrogens with zero attached hydrogens (tertiary/aromatic N) is 3. The van der Waals surface area contributed by atoms with Crippen molar-refractivity contribution in [2.45, 2.75) is 13.8 Å². The van der Waals surface area contributed by atoms with Gasteiger partial charge in [0.05, 0.1) is 22.3 Å². The second kappa shape index (κ2) is 5.10. The lowest BCUT2D eigenvalue weighted by Crippen LogP contribution is -2.24. The van der Waals surface area contributed by atoms with Crippen molar-refractivity contribution < 1.29 is 9.59 Å². The van der Waals surface area contributed by atoms with Gasteiger partial charge in [-0.25, -0.2) is 4.98 Å². The Morgan fingerprint density at radius 1 is 1.23 bits per heavy atom. The van der Waals surface area contributed by atoms with Gasteiger partial charge in [0.15, 0.2) is 0 Å². The van der Waals surface area contributed by atoms with Gasteiger partial charge in [0, 0.05) is 12.7 Å². The van der Waals surface area contributed by atoms with Gasteiger partial charge in [-0.1, -0.05) is 12.1 Å². The molecule has 112 valence electrons. The highest BCUT2D eigenvalue weighted by atomic mass is 16.2. The van der Waals surface area contributed by atoms with Crippen LogP contribution in [0.5, 0.6) is 0 Å². The third-order valence-corrected chi connectivity index (χ3v) is 3.56. The third kappa shape index (κ3) is 2.26.